The average Bonchev–Trinajstić information content (AvgIpc) is 2.13. The molecule has 0 aliphatic rings. The maximum Gasteiger partial charge on any atom is 0.268 e. The molecule has 0 fully saturated rings. The number of phosphoric acid groups is 1. The maximum absolute atomic E-state index is 11.3. The minimum atomic E-state index is -4.18. The van der Waals surface area contributed by atoms with Crippen molar-refractivity contribution >= 4 is 7.82 Å². The zero-order valence-corrected chi connectivity index (χ0v) is 12.9. The summed E-state index contributed by atoms with van der Waals surface area (Å²) in [6, 6.07) is 0. The molecule has 0 rings (SSSR count). The minimum absolute atomic E-state index is 0.00211. The molecule has 1 atom stereocenters. The molecule has 1 unspecified atom stereocenters. The highest BCUT2D eigenvalue weighted by Gasteiger charge is 2.13. The van der Waals surface area contributed by atoms with E-state index in [9.17, 15) is 9.46 Å². The van der Waals surface area contributed by atoms with E-state index in [0.29, 0.717) is 23.6 Å². The molecule has 0 aromatic rings. The van der Waals surface area contributed by atoms with Gasteiger partial charge in [-0.1, -0.05) is 13.8 Å². The molecule has 0 aliphatic heterocycles. The molecule has 0 aliphatic carbocycles. The van der Waals surface area contributed by atoms with E-state index >= 15 is 0 Å². The molecule has 0 heterocycles. The van der Waals surface area contributed by atoms with Crippen LogP contribution in [0.4, 0.5) is 0 Å². The summed E-state index contributed by atoms with van der Waals surface area (Å²) in [7, 11) is 1.69. The van der Waals surface area contributed by atoms with E-state index in [2.05, 4.69) is 4.52 Å². The van der Waals surface area contributed by atoms with Gasteiger partial charge in [-0.2, -0.15) is 0 Å². The van der Waals surface area contributed by atoms with Crippen LogP contribution < -0.4 is 4.89 Å². The van der Waals surface area contributed by atoms with Gasteiger partial charge in [0.15, 0.2) is 0 Å². The molecule has 0 N–H and O–H groups in total. The fourth-order valence-corrected chi connectivity index (χ4v) is 1.67. The Hall–Kier alpha value is 0.0300. The van der Waals surface area contributed by atoms with E-state index in [-0.39, 0.29) is 19.8 Å². The Labute approximate surface area is 110 Å². The van der Waals surface area contributed by atoms with Crippen molar-refractivity contribution in [1.82, 2.24) is 0 Å². The number of quaternary nitrogens is 1. The van der Waals surface area contributed by atoms with E-state index in [1.54, 1.807) is 0 Å². The van der Waals surface area contributed by atoms with Crippen LogP contribution in [0, 0.1) is 5.92 Å². The van der Waals surface area contributed by atoms with Gasteiger partial charge < -0.3 is 23.2 Å². The molecule has 6 nitrogen and oxygen atoms in total. The first-order valence-corrected chi connectivity index (χ1v) is 7.57. The predicted molar refractivity (Wildman–Crippen MR) is 68.1 cm³/mol. The van der Waals surface area contributed by atoms with Gasteiger partial charge in [-0.25, -0.2) is 0 Å². The first kappa shape index (κ1) is 18.0. The average molecular weight is 283 g/mol. The number of likely N-dealkylation sites (N-methyl/N-ethyl adjacent to an activating group) is 1. The van der Waals surface area contributed by atoms with E-state index in [1.165, 1.54) is 0 Å². The van der Waals surface area contributed by atoms with Gasteiger partial charge in [0, 0.05) is 6.61 Å². The number of phosphoric ester groups is 1. The number of hydrogen-bond donors (Lipinski definition) is 0. The van der Waals surface area contributed by atoms with E-state index in [4.69, 9.17) is 9.26 Å². The molecule has 7 heteroatoms. The Balaban J connectivity index is 3.64. The van der Waals surface area contributed by atoms with Gasteiger partial charge in [0.25, 0.3) is 7.82 Å². The molecule has 0 bridgehead atoms. The first-order valence-electron chi connectivity index (χ1n) is 6.11. The standard InChI is InChI=1S/C11H26NO5P/c1-11(2)10-15-8-9-17-18(13,14)16-7-6-12(3,4)5/h11H,6-10H2,1-5H3. The fourth-order valence-electron chi connectivity index (χ4n) is 0.991. The first-order chi connectivity index (χ1) is 8.12. The number of ether oxygens (including phenoxy) is 1. The minimum Gasteiger partial charge on any atom is -0.756 e. The van der Waals surface area contributed by atoms with Crippen molar-refractivity contribution in [3.05, 3.63) is 0 Å². The number of hydrogen-bond acceptors (Lipinski definition) is 5. The van der Waals surface area contributed by atoms with E-state index in [0.717, 1.165) is 0 Å². The second kappa shape index (κ2) is 8.25. The lowest BCUT2D eigenvalue weighted by Gasteiger charge is -2.27. The SMILES string of the molecule is CC(C)COCCOP(=O)([O-])OCC[N+](C)(C)C. The van der Waals surface area contributed by atoms with Gasteiger partial charge in [0.1, 0.15) is 13.2 Å². The Morgan fingerprint density at radius 3 is 2.17 bits per heavy atom. The monoisotopic (exact) mass is 283 g/mol. The zero-order valence-electron chi connectivity index (χ0n) is 12.0. The third-order valence-corrected chi connectivity index (χ3v) is 2.94. The molecular formula is C11H26NO5P. The van der Waals surface area contributed by atoms with Crippen LogP contribution in [0.2, 0.25) is 0 Å². The summed E-state index contributed by atoms with van der Waals surface area (Å²) < 4.78 is 26.6. The normalized spacial score (nSPS) is 15.9. The van der Waals surface area contributed by atoms with Crippen molar-refractivity contribution in [2.45, 2.75) is 13.8 Å². The highest BCUT2D eigenvalue weighted by atomic mass is 31.2. The van der Waals surface area contributed by atoms with Crippen LogP contribution in [-0.2, 0) is 18.3 Å². The zero-order chi connectivity index (χ0) is 14.2. The van der Waals surface area contributed by atoms with Crippen molar-refractivity contribution in [3.8, 4) is 0 Å². The van der Waals surface area contributed by atoms with E-state index in [1.807, 2.05) is 35.0 Å². The smallest absolute Gasteiger partial charge is 0.268 e. The van der Waals surface area contributed by atoms with Crippen LogP contribution in [0.1, 0.15) is 13.8 Å². The summed E-state index contributed by atoms with van der Waals surface area (Å²) in [4.78, 5) is 11.3. The van der Waals surface area contributed by atoms with Crippen molar-refractivity contribution in [2.24, 2.45) is 5.92 Å². The highest BCUT2D eigenvalue weighted by Crippen LogP contribution is 2.37. The van der Waals surface area contributed by atoms with Crippen LogP contribution in [-0.4, -0.2) is 58.6 Å². The molecule has 0 amide bonds. The van der Waals surface area contributed by atoms with Crippen LogP contribution >= 0.6 is 7.82 Å². The van der Waals surface area contributed by atoms with Crippen LogP contribution in [0.25, 0.3) is 0 Å². The Bertz CT molecular complexity index is 265. The van der Waals surface area contributed by atoms with Crippen molar-refractivity contribution in [2.75, 3.05) is 54.1 Å². The van der Waals surface area contributed by atoms with Crippen LogP contribution in [0.5, 0.6) is 0 Å². The molecule has 0 radical (unpaired) electrons. The summed E-state index contributed by atoms with van der Waals surface area (Å²) >= 11 is 0. The van der Waals surface area contributed by atoms with Gasteiger partial charge in [-0.3, -0.25) is 4.57 Å². The quantitative estimate of drug-likeness (QED) is 0.338. The van der Waals surface area contributed by atoms with Gasteiger partial charge in [0.05, 0.1) is 34.4 Å². The lowest BCUT2D eigenvalue weighted by atomic mass is 10.2. The Morgan fingerprint density at radius 2 is 1.67 bits per heavy atom. The second-order valence-corrected chi connectivity index (χ2v) is 7.01. The topological polar surface area (TPSA) is 67.8 Å². The molecular weight excluding hydrogens is 257 g/mol. The van der Waals surface area contributed by atoms with Gasteiger partial charge in [-0.05, 0) is 5.92 Å². The summed E-state index contributed by atoms with van der Waals surface area (Å²) in [5, 5.41) is 0. The lowest BCUT2D eigenvalue weighted by Crippen LogP contribution is -2.37. The Morgan fingerprint density at radius 1 is 1.11 bits per heavy atom. The number of rotatable bonds is 10. The molecule has 110 valence electrons. The highest BCUT2D eigenvalue weighted by molar-refractivity contribution is 7.45. The lowest BCUT2D eigenvalue weighted by molar-refractivity contribution is -0.870. The van der Waals surface area contributed by atoms with Gasteiger partial charge in [0.2, 0.25) is 0 Å². The fraction of sp³-hybridized carbons (Fsp3) is 1.00. The van der Waals surface area contributed by atoms with Gasteiger partial charge in [-0.15, -0.1) is 0 Å². The van der Waals surface area contributed by atoms with Crippen molar-refractivity contribution in [3.63, 3.8) is 0 Å². The largest absolute Gasteiger partial charge is 0.756 e. The molecule has 0 aromatic carbocycles. The molecule has 0 saturated carbocycles. The third-order valence-electron chi connectivity index (χ3n) is 1.94. The third kappa shape index (κ3) is 12.5. The summed E-state index contributed by atoms with van der Waals surface area (Å²) in [6.45, 7) is 5.60. The number of nitrogens with zero attached hydrogens (tertiary/aromatic N) is 1. The molecule has 0 aromatic heterocycles. The van der Waals surface area contributed by atoms with Gasteiger partial charge >= 0.3 is 0 Å². The van der Waals surface area contributed by atoms with Crippen LogP contribution in [0.3, 0.4) is 0 Å². The second-order valence-electron chi connectivity index (χ2n) is 5.60. The molecule has 0 saturated heterocycles. The van der Waals surface area contributed by atoms with E-state index < -0.39 is 7.82 Å². The predicted octanol–water partition coefficient (Wildman–Crippen LogP) is 0.867. The summed E-state index contributed by atoms with van der Waals surface area (Å²) in [5.74, 6) is 0.421. The molecule has 0 spiro atoms. The van der Waals surface area contributed by atoms with Crippen molar-refractivity contribution < 1.29 is 27.7 Å². The maximum atomic E-state index is 11.3. The summed E-state index contributed by atoms with van der Waals surface area (Å²) in [5.41, 5.74) is 0. The van der Waals surface area contributed by atoms with Crippen LogP contribution in [0.15, 0.2) is 0 Å². The Kier molecular flexibility index (Phi) is 8.26. The summed E-state index contributed by atoms with van der Waals surface area (Å²) in [6.07, 6.45) is 0. The van der Waals surface area contributed by atoms with Crippen molar-refractivity contribution in [1.29, 1.82) is 0 Å². The molecule has 18 heavy (non-hydrogen) atoms.